The minimum Gasteiger partial charge on any atom is -0.330 e. The van der Waals surface area contributed by atoms with Crippen molar-refractivity contribution in [3.63, 3.8) is 0 Å². The first kappa shape index (κ1) is 10.7. The van der Waals surface area contributed by atoms with E-state index in [0.717, 1.165) is 12.5 Å². The van der Waals surface area contributed by atoms with E-state index in [9.17, 15) is 13.2 Å². The molecule has 0 unspecified atom stereocenters. The second-order valence-corrected chi connectivity index (χ2v) is 2.50. The third-order valence-corrected chi connectivity index (χ3v) is 1.26. The van der Waals surface area contributed by atoms with Crippen LogP contribution in [-0.2, 0) is 0 Å². The molecule has 2 nitrogen and oxygen atoms in total. The molecule has 0 aromatic rings. The van der Waals surface area contributed by atoms with Gasteiger partial charge in [0.1, 0.15) is 0 Å². The van der Waals surface area contributed by atoms with E-state index in [1.54, 1.807) is 0 Å². The number of alkyl halides is 3. The predicted octanol–water partition coefficient (Wildman–Crippen LogP) is 0.862. The van der Waals surface area contributed by atoms with Crippen LogP contribution >= 0.6 is 0 Å². The van der Waals surface area contributed by atoms with Crippen molar-refractivity contribution in [3.05, 3.63) is 0 Å². The number of hydrogen-bond donors (Lipinski definition) is 2. The van der Waals surface area contributed by atoms with Gasteiger partial charge < -0.3 is 11.5 Å². The summed E-state index contributed by atoms with van der Waals surface area (Å²) in [6, 6.07) is 0. The van der Waals surface area contributed by atoms with Crippen LogP contribution in [0.2, 0.25) is 0 Å². The molecule has 1 aliphatic carbocycles. The Morgan fingerprint density at radius 1 is 1.18 bits per heavy atom. The standard InChI is InChI=1S/C4H9N.C2H4F3N/c5-3-4-1-2-4;3-2(4,5)1-6/h4H,1-3,5H2;1,6H2. The zero-order valence-electron chi connectivity index (χ0n) is 6.19. The average molecular weight is 170 g/mol. The predicted molar refractivity (Wildman–Crippen MR) is 36.9 cm³/mol. The van der Waals surface area contributed by atoms with Gasteiger partial charge in [0.25, 0.3) is 0 Å². The molecule has 1 fully saturated rings. The Bertz CT molecular complexity index is 98.5. The van der Waals surface area contributed by atoms with Crippen LogP contribution in [0.1, 0.15) is 12.8 Å². The molecule has 0 amide bonds. The van der Waals surface area contributed by atoms with Crippen LogP contribution in [0.5, 0.6) is 0 Å². The van der Waals surface area contributed by atoms with E-state index in [2.05, 4.69) is 5.73 Å². The SMILES string of the molecule is NCC(F)(F)F.NCC1CC1. The van der Waals surface area contributed by atoms with E-state index in [0.29, 0.717) is 0 Å². The number of nitrogens with two attached hydrogens (primary N) is 2. The number of rotatable bonds is 1. The minimum atomic E-state index is -4.18. The van der Waals surface area contributed by atoms with Gasteiger partial charge in [-0.15, -0.1) is 0 Å². The van der Waals surface area contributed by atoms with Crippen molar-refractivity contribution in [2.75, 3.05) is 13.1 Å². The van der Waals surface area contributed by atoms with Gasteiger partial charge in [-0.3, -0.25) is 0 Å². The van der Waals surface area contributed by atoms with E-state index in [-0.39, 0.29) is 0 Å². The van der Waals surface area contributed by atoms with Crippen molar-refractivity contribution in [2.45, 2.75) is 19.0 Å². The molecule has 0 atom stereocenters. The number of hydrogen-bond acceptors (Lipinski definition) is 2. The van der Waals surface area contributed by atoms with Crippen molar-refractivity contribution in [2.24, 2.45) is 17.4 Å². The van der Waals surface area contributed by atoms with E-state index in [1.807, 2.05) is 0 Å². The van der Waals surface area contributed by atoms with Gasteiger partial charge in [0.2, 0.25) is 0 Å². The van der Waals surface area contributed by atoms with E-state index < -0.39 is 12.7 Å². The molecule has 5 heteroatoms. The molecule has 1 rings (SSSR count). The van der Waals surface area contributed by atoms with E-state index in [1.165, 1.54) is 12.8 Å². The van der Waals surface area contributed by atoms with Gasteiger partial charge in [-0.05, 0) is 25.3 Å². The molecule has 0 saturated heterocycles. The van der Waals surface area contributed by atoms with Crippen molar-refractivity contribution in [1.29, 1.82) is 0 Å². The Balaban J connectivity index is 0.000000183. The molecular weight excluding hydrogens is 157 g/mol. The zero-order chi connectivity index (χ0) is 8.91. The van der Waals surface area contributed by atoms with Gasteiger partial charge in [0.05, 0.1) is 6.54 Å². The molecule has 11 heavy (non-hydrogen) atoms. The van der Waals surface area contributed by atoms with Gasteiger partial charge in [0.15, 0.2) is 0 Å². The molecule has 68 valence electrons. The van der Waals surface area contributed by atoms with Crippen LogP contribution < -0.4 is 11.5 Å². The first-order valence-corrected chi connectivity index (χ1v) is 3.46. The smallest absolute Gasteiger partial charge is 0.330 e. The lowest BCUT2D eigenvalue weighted by molar-refractivity contribution is -0.118. The van der Waals surface area contributed by atoms with Crippen molar-refractivity contribution in [1.82, 2.24) is 0 Å². The normalized spacial score (nSPS) is 17.2. The third kappa shape index (κ3) is 9.71. The molecule has 1 saturated carbocycles. The molecule has 0 radical (unpaired) electrons. The largest absolute Gasteiger partial charge is 0.400 e. The van der Waals surface area contributed by atoms with E-state index in [4.69, 9.17) is 5.73 Å². The second-order valence-electron chi connectivity index (χ2n) is 2.50. The van der Waals surface area contributed by atoms with Gasteiger partial charge in [0, 0.05) is 0 Å². The van der Waals surface area contributed by atoms with Crippen molar-refractivity contribution in [3.8, 4) is 0 Å². The summed E-state index contributed by atoms with van der Waals surface area (Å²) in [7, 11) is 0. The summed E-state index contributed by atoms with van der Waals surface area (Å²) >= 11 is 0. The van der Waals surface area contributed by atoms with Crippen molar-refractivity contribution < 1.29 is 13.2 Å². The Hall–Kier alpha value is -0.290. The zero-order valence-corrected chi connectivity index (χ0v) is 6.19. The maximum atomic E-state index is 10.7. The molecule has 4 N–H and O–H groups in total. The maximum absolute atomic E-state index is 10.7. The Morgan fingerprint density at radius 2 is 1.55 bits per heavy atom. The fraction of sp³-hybridized carbons (Fsp3) is 1.00. The molecule has 0 bridgehead atoms. The molecule has 0 aliphatic heterocycles. The first-order chi connectivity index (χ1) is 4.99. The van der Waals surface area contributed by atoms with Crippen LogP contribution in [0.25, 0.3) is 0 Å². The van der Waals surface area contributed by atoms with Gasteiger partial charge in [-0.25, -0.2) is 0 Å². The van der Waals surface area contributed by atoms with Crippen LogP contribution in [0, 0.1) is 5.92 Å². The Kier molecular flexibility index (Phi) is 4.44. The Labute approximate surface area is 63.7 Å². The summed E-state index contributed by atoms with van der Waals surface area (Å²) < 4.78 is 32.0. The third-order valence-electron chi connectivity index (χ3n) is 1.26. The second kappa shape index (κ2) is 4.56. The summed E-state index contributed by atoms with van der Waals surface area (Å²) in [6.45, 7) is -0.313. The summed E-state index contributed by atoms with van der Waals surface area (Å²) in [5.74, 6) is 0.912. The fourth-order valence-corrected chi connectivity index (χ4v) is 0.354. The summed E-state index contributed by atoms with van der Waals surface area (Å²) in [5.41, 5.74) is 9.41. The van der Waals surface area contributed by atoms with Gasteiger partial charge in [-0.2, -0.15) is 13.2 Å². The quantitative estimate of drug-likeness (QED) is 0.613. The van der Waals surface area contributed by atoms with Gasteiger partial charge in [-0.1, -0.05) is 0 Å². The van der Waals surface area contributed by atoms with Crippen molar-refractivity contribution >= 4 is 0 Å². The lowest BCUT2D eigenvalue weighted by atomic mass is 10.5. The topological polar surface area (TPSA) is 52.0 Å². The molecule has 0 heterocycles. The van der Waals surface area contributed by atoms with Gasteiger partial charge >= 0.3 is 6.18 Å². The highest BCUT2D eigenvalue weighted by Gasteiger charge is 2.23. The summed E-state index contributed by atoms with van der Waals surface area (Å²) in [6.07, 6.45) is -1.41. The fourth-order valence-electron chi connectivity index (χ4n) is 0.354. The summed E-state index contributed by atoms with van der Waals surface area (Å²) in [5, 5.41) is 0. The lowest BCUT2D eigenvalue weighted by Crippen LogP contribution is -2.21. The minimum absolute atomic E-state index is 0.912. The lowest BCUT2D eigenvalue weighted by Gasteiger charge is -1.96. The number of halogens is 3. The highest BCUT2D eigenvalue weighted by Crippen LogP contribution is 2.26. The molecule has 0 aromatic carbocycles. The van der Waals surface area contributed by atoms with Crippen LogP contribution in [0.3, 0.4) is 0 Å². The molecule has 0 aromatic heterocycles. The molecular formula is C6H13F3N2. The van der Waals surface area contributed by atoms with Crippen LogP contribution in [-0.4, -0.2) is 19.3 Å². The molecule has 0 spiro atoms. The monoisotopic (exact) mass is 170 g/mol. The van der Waals surface area contributed by atoms with E-state index >= 15 is 0 Å². The molecule has 1 aliphatic rings. The van der Waals surface area contributed by atoms with Crippen LogP contribution in [0.15, 0.2) is 0 Å². The summed E-state index contributed by atoms with van der Waals surface area (Å²) in [4.78, 5) is 0. The Morgan fingerprint density at radius 3 is 1.55 bits per heavy atom. The highest BCUT2D eigenvalue weighted by atomic mass is 19.4. The maximum Gasteiger partial charge on any atom is 0.400 e. The average Bonchev–Trinajstić information content (AvgIpc) is 2.69. The van der Waals surface area contributed by atoms with Crippen LogP contribution in [0.4, 0.5) is 13.2 Å². The highest BCUT2D eigenvalue weighted by molar-refractivity contribution is 4.72. The first-order valence-electron chi connectivity index (χ1n) is 3.46.